The number of halogens is 1. The molecule has 0 spiro atoms. The van der Waals surface area contributed by atoms with E-state index in [1.165, 1.54) is 6.08 Å². The number of rotatable bonds is 4. The summed E-state index contributed by atoms with van der Waals surface area (Å²) in [4.78, 5) is 6.36. The van der Waals surface area contributed by atoms with Gasteiger partial charge in [-0.1, -0.05) is 27.7 Å². The van der Waals surface area contributed by atoms with Crippen molar-refractivity contribution >= 4 is 5.82 Å². The summed E-state index contributed by atoms with van der Waals surface area (Å²) < 4.78 is 19.8. The fourth-order valence-electron chi connectivity index (χ4n) is 2.82. The average molecular weight is 332 g/mol. The van der Waals surface area contributed by atoms with Crippen LogP contribution in [-0.2, 0) is 0 Å². The predicted molar refractivity (Wildman–Crippen MR) is 92.5 cm³/mol. The van der Waals surface area contributed by atoms with Crippen molar-refractivity contribution in [3.63, 3.8) is 0 Å². The van der Waals surface area contributed by atoms with Crippen LogP contribution in [0.2, 0.25) is 0 Å². The molecule has 1 fully saturated rings. The first-order chi connectivity index (χ1) is 11.2. The molecule has 0 saturated carbocycles. The van der Waals surface area contributed by atoms with Gasteiger partial charge in [0.2, 0.25) is 0 Å². The van der Waals surface area contributed by atoms with Crippen molar-refractivity contribution in [2.75, 3.05) is 18.0 Å². The van der Waals surface area contributed by atoms with E-state index in [9.17, 15) is 9.50 Å². The molecule has 2 heterocycles. The maximum atomic E-state index is 14.0. The van der Waals surface area contributed by atoms with Crippen LogP contribution in [0.25, 0.3) is 0 Å². The van der Waals surface area contributed by atoms with Crippen molar-refractivity contribution in [3.05, 3.63) is 42.1 Å². The molecule has 5 heteroatoms. The van der Waals surface area contributed by atoms with Gasteiger partial charge in [-0.15, -0.1) is 0 Å². The Kier molecular flexibility index (Phi) is 4.16. The SMILES string of the molecule is CC(C)C1(O)CN(c2cc(OC3=CCC(C)(C)C(F)=C3)ccn2)C1. The van der Waals surface area contributed by atoms with Crippen LogP contribution in [0, 0.1) is 11.3 Å². The lowest BCUT2D eigenvalue weighted by molar-refractivity contribution is -0.0304. The molecule has 0 unspecified atom stereocenters. The summed E-state index contributed by atoms with van der Waals surface area (Å²) in [6.07, 6.45) is 5.63. The number of aromatic nitrogens is 1. The minimum Gasteiger partial charge on any atom is -0.457 e. The largest absolute Gasteiger partial charge is 0.457 e. The van der Waals surface area contributed by atoms with E-state index >= 15 is 0 Å². The Morgan fingerprint density at radius 1 is 1.33 bits per heavy atom. The van der Waals surface area contributed by atoms with Gasteiger partial charge in [0.15, 0.2) is 0 Å². The molecule has 1 N–H and O–H groups in total. The normalized spacial score (nSPS) is 21.9. The van der Waals surface area contributed by atoms with Crippen LogP contribution in [0.15, 0.2) is 42.1 Å². The molecule has 4 nitrogen and oxygen atoms in total. The zero-order chi connectivity index (χ0) is 17.5. The summed E-state index contributed by atoms with van der Waals surface area (Å²) in [5, 5.41) is 10.4. The summed E-state index contributed by atoms with van der Waals surface area (Å²) in [6, 6.07) is 3.58. The Morgan fingerprint density at radius 2 is 2.04 bits per heavy atom. The number of aliphatic hydroxyl groups is 1. The monoisotopic (exact) mass is 332 g/mol. The van der Waals surface area contributed by atoms with Gasteiger partial charge < -0.3 is 14.7 Å². The molecule has 1 aliphatic heterocycles. The Labute approximate surface area is 142 Å². The standard InChI is InChI=1S/C19H25FN2O2/c1-13(2)19(23)11-22(12-19)17-10-15(6-8-21-17)24-14-5-7-18(3,4)16(20)9-14/h5-6,8-10,13,23H,7,11-12H2,1-4H3. The summed E-state index contributed by atoms with van der Waals surface area (Å²) in [5.74, 6) is 1.94. The minimum absolute atomic E-state index is 0.168. The number of hydrogen-bond acceptors (Lipinski definition) is 4. The number of hydrogen-bond donors (Lipinski definition) is 1. The zero-order valence-electron chi connectivity index (χ0n) is 14.7. The third-order valence-corrected chi connectivity index (χ3v) is 5.01. The van der Waals surface area contributed by atoms with Crippen molar-refractivity contribution < 1.29 is 14.2 Å². The van der Waals surface area contributed by atoms with Crippen LogP contribution in [0.5, 0.6) is 5.75 Å². The van der Waals surface area contributed by atoms with Crippen LogP contribution >= 0.6 is 0 Å². The predicted octanol–water partition coefficient (Wildman–Crippen LogP) is 3.83. The fourth-order valence-corrected chi connectivity index (χ4v) is 2.82. The first-order valence-corrected chi connectivity index (χ1v) is 8.39. The van der Waals surface area contributed by atoms with Crippen LogP contribution in [0.1, 0.15) is 34.1 Å². The molecule has 1 saturated heterocycles. The fraction of sp³-hybridized carbons (Fsp3) is 0.526. The molecule has 1 aliphatic carbocycles. The van der Waals surface area contributed by atoms with Crippen LogP contribution in [0.3, 0.4) is 0 Å². The van der Waals surface area contributed by atoms with Crippen molar-refractivity contribution in [1.82, 2.24) is 4.98 Å². The molecule has 0 amide bonds. The third kappa shape index (κ3) is 3.18. The zero-order valence-corrected chi connectivity index (χ0v) is 14.7. The second-order valence-electron chi connectivity index (χ2n) is 7.75. The quantitative estimate of drug-likeness (QED) is 0.910. The lowest BCUT2D eigenvalue weighted by Gasteiger charge is -2.49. The number of allylic oxidation sites excluding steroid dienone is 3. The second-order valence-corrected chi connectivity index (χ2v) is 7.75. The molecule has 1 aromatic rings. The van der Waals surface area contributed by atoms with Crippen LogP contribution in [0.4, 0.5) is 10.2 Å². The van der Waals surface area contributed by atoms with Gasteiger partial charge in [0, 0.05) is 23.8 Å². The van der Waals surface area contributed by atoms with Gasteiger partial charge in [-0.05, 0) is 24.5 Å². The number of ether oxygens (including phenoxy) is 1. The smallest absolute Gasteiger partial charge is 0.132 e. The van der Waals surface area contributed by atoms with Gasteiger partial charge in [-0.3, -0.25) is 0 Å². The Hall–Kier alpha value is -1.88. The molecular formula is C19H25FN2O2. The number of pyridine rings is 1. The maximum absolute atomic E-state index is 14.0. The highest BCUT2D eigenvalue weighted by Gasteiger charge is 2.44. The van der Waals surface area contributed by atoms with Gasteiger partial charge in [-0.2, -0.15) is 0 Å². The highest BCUT2D eigenvalue weighted by molar-refractivity contribution is 5.48. The molecule has 0 radical (unpaired) electrons. The first-order valence-electron chi connectivity index (χ1n) is 8.39. The van der Waals surface area contributed by atoms with Crippen LogP contribution in [-0.4, -0.2) is 28.8 Å². The Bertz CT molecular complexity index is 688. The highest BCUT2D eigenvalue weighted by Crippen LogP contribution is 2.37. The number of anilines is 1. The number of β-amino-alcohol motifs (C(OH)–C–C–N with tert-alkyl or cyclic N) is 1. The molecule has 24 heavy (non-hydrogen) atoms. The van der Waals surface area contributed by atoms with Gasteiger partial charge in [0.25, 0.3) is 0 Å². The van der Waals surface area contributed by atoms with E-state index in [-0.39, 0.29) is 11.7 Å². The topological polar surface area (TPSA) is 45.6 Å². The van der Waals surface area contributed by atoms with Crippen molar-refractivity contribution in [2.45, 2.75) is 39.7 Å². The van der Waals surface area contributed by atoms with E-state index in [0.29, 0.717) is 31.0 Å². The number of nitrogens with zero attached hydrogens (tertiary/aromatic N) is 2. The molecule has 0 bridgehead atoms. The Balaban J connectivity index is 1.68. The molecule has 3 rings (SSSR count). The minimum atomic E-state index is -0.651. The Morgan fingerprint density at radius 3 is 2.67 bits per heavy atom. The molecule has 1 aromatic heterocycles. The van der Waals surface area contributed by atoms with E-state index in [4.69, 9.17) is 4.74 Å². The lowest BCUT2D eigenvalue weighted by Crippen LogP contribution is -2.65. The third-order valence-electron chi connectivity index (χ3n) is 5.01. The molecule has 2 aliphatic rings. The lowest BCUT2D eigenvalue weighted by atomic mass is 9.83. The van der Waals surface area contributed by atoms with Crippen molar-refractivity contribution in [1.29, 1.82) is 0 Å². The summed E-state index contributed by atoms with van der Waals surface area (Å²) >= 11 is 0. The van der Waals surface area contributed by atoms with E-state index in [1.807, 2.05) is 44.7 Å². The van der Waals surface area contributed by atoms with E-state index in [2.05, 4.69) is 4.98 Å². The van der Waals surface area contributed by atoms with Crippen LogP contribution < -0.4 is 9.64 Å². The summed E-state index contributed by atoms with van der Waals surface area (Å²) in [6.45, 7) is 8.90. The highest BCUT2D eigenvalue weighted by atomic mass is 19.1. The molecule has 0 atom stereocenters. The second kappa shape index (κ2) is 5.88. The van der Waals surface area contributed by atoms with E-state index < -0.39 is 11.0 Å². The van der Waals surface area contributed by atoms with E-state index in [1.54, 1.807) is 12.3 Å². The van der Waals surface area contributed by atoms with Gasteiger partial charge in [-0.25, -0.2) is 9.37 Å². The first kappa shape index (κ1) is 17.0. The van der Waals surface area contributed by atoms with E-state index in [0.717, 1.165) is 5.82 Å². The summed E-state index contributed by atoms with van der Waals surface area (Å²) in [7, 11) is 0. The van der Waals surface area contributed by atoms with Crippen molar-refractivity contribution in [3.8, 4) is 5.75 Å². The molecular weight excluding hydrogens is 307 g/mol. The summed E-state index contributed by atoms with van der Waals surface area (Å²) in [5.41, 5.74) is -1.11. The van der Waals surface area contributed by atoms with Gasteiger partial charge >= 0.3 is 0 Å². The van der Waals surface area contributed by atoms with Crippen molar-refractivity contribution in [2.24, 2.45) is 11.3 Å². The maximum Gasteiger partial charge on any atom is 0.132 e. The molecule has 0 aromatic carbocycles. The van der Waals surface area contributed by atoms with Gasteiger partial charge in [0.05, 0.1) is 13.1 Å². The average Bonchev–Trinajstić information content (AvgIpc) is 2.48. The van der Waals surface area contributed by atoms with Gasteiger partial charge in [0.1, 0.15) is 28.8 Å². The molecule has 130 valence electrons.